The van der Waals surface area contributed by atoms with E-state index in [1.807, 2.05) is 41.3 Å². The Balaban J connectivity index is 1.30. The third-order valence-corrected chi connectivity index (χ3v) is 5.96. The second-order valence-corrected chi connectivity index (χ2v) is 8.19. The first-order chi connectivity index (χ1) is 15.9. The van der Waals surface area contributed by atoms with Crippen molar-refractivity contribution in [3.05, 3.63) is 75.5 Å². The SMILES string of the molecule is COc1ccc(-c2ccc(CCC(=O)N3CCN(c4ccc(Cl)cc4[N+](=O)[O-])CC3)o2)cc1. The van der Waals surface area contributed by atoms with Crippen LogP contribution in [0.25, 0.3) is 11.3 Å². The van der Waals surface area contributed by atoms with E-state index in [4.69, 9.17) is 20.8 Å². The van der Waals surface area contributed by atoms with Crippen LogP contribution >= 0.6 is 11.6 Å². The van der Waals surface area contributed by atoms with Crippen LogP contribution in [0.3, 0.4) is 0 Å². The molecule has 1 fully saturated rings. The molecule has 0 N–H and O–H groups in total. The van der Waals surface area contributed by atoms with Crippen molar-refractivity contribution in [1.82, 2.24) is 4.90 Å². The first kappa shape index (κ1) is 22.7. The van der Waals surface area contributed by atoms with Crippen LogP contribution in [-0.4, -0.2) is 49.0 Å². The Morgan fingerprint density at radius 1 is 1.09 bits per heavy atom. The average Bonchev–Trinajstić information content (AvgIpc) is 3.32. The van der Waals surface area contributed by atoms with Gasteiger partial charge in [-0.05, 0) is 48.5 Å². The van der Waals surface area contributed by atoms with Gasteiger partial charge in [0.1, 0.15) is 23.0 Å². The minimum Gasteiger partial charge on any atom is -0.497 e. The van der Waals surface area contributed by atoms with Gasteiger partial charge in [0.05, 0.1) is 12.0 Å². The Morgan fingerprint density at radius 3 is 2.48 bits per heavy atom. The first-order valence-electron chi connectivity index (χ1n) is 10.6. The van der Waals surface area contributed by atoms with E-state index >= 15 is 0 Å². The molecule has 0 unspecified atom stereocenters. The van der Waals surface area contributed by atoms with Crippen LogP contribution in [0.2, 0.25) is 5.02 Å². The summed E-state index contributed by atoms with van der Waals surface area (Å²) in [5.74, 6) is 2.33. The van der Waals surface area contributed by atoms with Gasteiger partial charge < -0.3 is 19.0 Å². The molecule has 3 aromatic rings. The number of carbonyl (C=O) groups excluding carboxylic acids is 1. The van der Waals surface area contributed by atoms with Crippen molar-refractivity contribution < 1.29 is 18.9 Å². The first-order valence-corrected chi connectivity index (χ1v) is 11.0. The largest absolute Gasteiger partial charge is 0.497 e. The van der Waals surface area contributed by atoms with Crippen molar-refractivity contribution in [1.29, 1.82) is 0 Å². The molecule has 2 heterocycles. The number of ether oxygens (including phenoxy) is 1. The minimum absolute atomic E-state index is 0.0206. The van der Waals surface area contributed by atoms with Crippen molar-refractivity contribution in [2.45, 2.75) is 12.8 Å². The zero-order valence-electron chi connectivity index (χ0n) is 18.2. The summed E-state index contributed by atoms with van der Waals surface area (Å²) < 4.78 is 11.1. The van der Waals surface area contributed by atoms with Crippen molar-refractivity contribution >= 4 is 28.9 Å². The molecule has 33 heavy (non-hydrogen) atoms. The molecule has 2 aromatic carbocycles. The number of nitro benzene ring substituents is 1. The van der Waals surface area contributed by atoms with E-state index < -0.39 is 4.92 Å². The van der Waals surface area contributed by atoms with Gasteiger partial charge in [-0.15, -0.1) is 0 Å². The van der Waals surface area contributed by atoms with Crippen LogP contribution in [0.5, 0.6) is 5.75 Å². The summed E-state index contributed by atoms with van der Waals surface area (Å²) in [7, 11) is 1.62. The second-order valence-electron chi connectivity index (χ2n) is 7.75. The van der Waals surface area contributed by atoms with E-state index in [-0.39, 0.29) is 11.6 Å². The highest BCUT2D eigenvalue weighted by atomic mass is 35.5. The summed E-state index contributed by atoms with van der Waals surface area (Å²) in [5, 5.41) is 11.7. The summed E-state index contributed by atoms with van der Waals surface area (Å²) >= 11 is 5.91. The molecule has 1 aliphatic heterocycles. The van der Waals surface area contributed by atoms with E-state index in [0.717, 1.165) is 22.8 Å². The normalized spacial score (nSPS) is 13.8. The third kappa shape index (κ3) is 5.28. The van der Waals surface area contributed by atoms with Gasteiger partial charge >= 0.3 is 0 Å². The number of hydrogen-bond donors (Lipinski definition) is 0. The van der Waals surface area contributed by atoms with Gasteiger partial charge in [0.15, 0.2) is 0 Å². The van der Waals surface area contributed by atoms with Crippen LogP contribution in [0.1, 0.15) is 12.2 Å². The summed E-state index contributed by atoms with van der Waals surface area (Å²) in [6.07, 6.45) is 0.856. The van der Waals surface area contributed by atoms with Gasteiger partial charge in [0.25, 0.3) is 5.69 Å². The number of halogens is 1. The number of hydrogen-bond acceptors (Lipinski definition) is 6. The maximum Gasteiger partial charge on any atom is 0.294 e. The molecule has 1 amide bonds. The molecular formula is C24H24ClN3O5. The van der Waals surface area contributed by atoms with Gasteiger partial charge in [-0.25, -0.2) is 0 Å². The Morgan fingerprint density at radius 2 is 1.82 bits per heavy atom. The lowest BCUT2D eigenvalue weighted by molar-refractivity contribution is -0.384. The monoisotopic (exact) mass is 469 g/mol. The molecule has 172 valence electrons. The Kier molecular flexibility index (Phi) is 6.84. The number of methoxy groups -OCH3 is 1. The maximum atomic E-state index is 12.7. The molecule has 9 heteroatoms. The number of amides is 1. The summed E-state index contributed by atoms with van der Waals surface area (Å²) in [5.41, 5.74) is 1.45. The standard InChI is InChI=1S/C24H24ClN3O5/c1-32-19-5-2-17(3-6-19)23-10-7-20(33-23)8-11-24(29)27-14-12-26(13-15-27)21-9-4-18(25)16-22(21)28(30)31/h2-7,9-10,16H,8,11-15H2,1H3. The molecule has 1 aromatic heterocycles. The van der Waals surface area contributed by atoms with Gasteiger partial charge in [-0.1, -0.05) is 11.6 Å². The fourth-order valence-electron chi connectivity index (χ4n) is 3.92. The zero-order valence-corrected chi connectivity index (χ0v) is 19.0. The predicted molar refractivity (Wildman–Crippen MR) is 126 cm³/mol. The molecule has 0 aliphatic carbocycles. The molecule has 0 atom stereocenters. The molecule has 0 spiro atoms. The molecule has 1 aliphatic rings. The van der Waals surface area contributed by atoms with E-state index in [1.54, 1.807) is 24.1 Å². The Labute approximate surface area is 196 Å². The number of anilines is 1. The molecular weight excluding hydrogens is 446 g/mol. The number of furan rings is 1. The third-order valence-electron chi connectivity index (χ3n) is 5.73. The van der Waals surface area contributed by atoms with Gasteiger partial charge in [0.2, 0.25) is 5.91 Å². The highest BCUT2D eigenvalue weighted by Crippen LogP contribution is 2.32. The molecule has 1 saturated heterocycles. The Bertz CT molecular complexity index is 1140. The van der Waals surface area contributed by atoms with Crippen molar-refractivity contribution in [3.8, 4) is 17.1 Å². The van der Waals surface area contributed by atoms with Gasteiger partial charge in [-0.3, -0.25) is 14.9 Å². The highest BCUT2D eigenvalue weighted by Gasteiger charge is 2.26. The van der Waals surface area contributed by atoms with Crippen molar-refractivity contribution in [2.75, 3.05) is 38.2 Å². The average molecular weight is 470 g/mol. The van der Waals surface area contributed by atoms with Crippen LogP contribution in [0.4, 0.5) is 11.4 Å². The summed E-state index contributed by atoms with van der Waals surface area (Å²) in [6, 6.07) is 16.1. The van der Waals surface area contributed by atoms with E-state index in [2.05, 4.69) is 0 Å². The molecule has 0 radical (unpaired) electrons. The number of nitro groups is 1. The van der Waals surface area contributed by atoms with E-state index in [1.165, 1.54) is 6.07 Å². The number of nitrogens with zero attached hydrogens (tertiary/aromatic N) is 3. The summed E-state index contributed by atoms with van der Waals surface area (Å²) in [6.45, 7) is 2.06. The molecule has 4 rings (SSSR count). The quantitative estimate of drug-likeness (QED) is 0.365. The van der Waals surface area contributed by atoms with Crippen molar-refractivity contribution in [2.24, 2.45) is 0 Å². The maximum absolute atomic E-state index is 12.7. The molecule has 0 bridgehead atoms. The highest BCUT2D eigenvalue weighted by molar-refractivity contribution is 6.30. The smallest absolute Gasteiger partial charge is 0.294 e. The van der Waals surface area contributed by atoms with Crippen molar-refractivity contribution in [3.63, 3.8) is 0 Å². The van der Waals surface area contributed by atoms with Gasteiger partial charge in [0, 0.05) is 55.7 Å². The number of carbonyl (C=O) groups is 1. The lowest BCUT2D eigenvalue weighted by Crippen LogP contribution is -2.49. The lowest BCUT2D eigenvalue weighted by Gasteiger charge is -2.35. The van der Waals surface area contributed by atoms with Crippen LogP contribution in [0.15, 0.2) is 59.0 Å². The number of benzene rings is 2. The molecule has 8 nitrogen and oxygen atoms in total. The predicted octanol–water partition coefficient (Wildman–Crippen LogP) is 4.80. The Hall–Kier alpha value is -3.52. The van der Waals surface area contributed by atoms with Crippen LogP contribution in [-0.2, 0) is 11.2 Å². The van der Waals surface area contributed by atoms with Crippen LogP contribution < -0.4 is 9.64 Å². The van der Waals surface area contributed by atoms with Gasteiger partial charge in [-0.2, -0.15) is 0 Å². The lowest BCUT2D eigenvalue weighted by atomic mass is 10.1. The fourth-order valence-corrected chi connectivity index (χ4v) is 4.08. The molecule has 0 saturated carbocycles. The number of piperazine rings is 1. The van der Waals surface area contributed by atoms with E-state index in [0.29, 0.717) is 49.7 Å². The van der Waals surface area contributed by atoms with Crippen LogP contribution in [0, 0.1) is 10.1 Å². The number of aryl methyl sites for hydroxylation is 1. The second kappa shape index (κ2) is 9.95. The van der Waals surface area contributed by atoms with E-state index in [9.17, 15) is 14.9 Å². The fraction of sp³-hybridized carbons (Fsp3) is 0.292. The topological polar surface area (TPSA) is 89.1 Å². The minimum atomic E-state index is -0.428. The number of rotatable bonds is 7. The summed E-state index contributed by atoms with van der Waals surface area (Å²) in [4.78, 5) is 27.4. The zero-order chi connectivity index (χ0) is 23.4.